The maximum Gasteiger partial charge on any atom is 0.416 e. The fraction of sp³-hybridized carbons (Fsp3) is 0.611. The van der Waals surface area contributed by atoms with E-state index < -0.39 is 11.7 Å². The second-order valence-electron chi connectivity index (χ2n) is 7.44. The maximum absolute atomic E-state index is 13.1. The van der Waals surface area contributed by atoms with Crippen LogP contribution in [-0.2, 0) is 23.9 Å². The zero-order valence-electron chi connectivity index (χ0n) is 13.4. The van der Waals surface area contributed by atoms with Gasteiger partial charge in [0.2, 0.25) is 5.91 Å². The highest BCUT2D eigenvalue weighted by Crippen LogP contribution is 2.49. The smallest absolute Gasteiger partial charge is 0.338 e. The first-order valence-electron chi connectivity index (χ1n) is 8.57. The first kappa shape index (κ1) is 15.9. The van der Waals surface area contributed by atoms with Crippen LogP contribution >= 0.6 is 0 Å². The molecular weight excluding hydrogens is 317 g/mol. The quantitative estimate of drug-likeness (QED) is 0.856. The first-order chi connectivity index (χ1) is 11.3. The van der Waals surface area contributed by atoms with Crippen LogP contribution in [0.4, 0.5) is 13.2 Å². The highest BCUT2D eigenvalue weighted by atomic mass is 19.4. The third-order valence-corrected chi connectivity index (χ3v) is 6.11. The summed E-state index contributed by atoms with van der Waals surface area (Å²) in [5.41, 5.74) is 6.41. The van der Waals surface area contributed by atoms with E-state index in [1.807, 2.05) is 0 Å². The van der Waals surface area contributed by atoms with Gasteiger partial charge in [-0.15, -0.1) is 0 Å². The molecule has 0 spiro atoms. The van der Waals surface area contributed by atoms with Crippen molar-refractivity contribution < 1.29 is 18.0 Å². The average molecular weight is 338 g/mol. The van der Waals surface area contributed by atoms with Crippen molar-refractivity contribution in [3.8, 4) is 0 Å². The van der Waals surface area contributed by atoms with E-state index in [-0.39, 0.29) is 30.8 Å². The Kier molecular flexibility index (Phi) is 3.64. The van der Waals surface area contributed by atoms with Gasteiger partial charge < -0.3 is 10.6 Å². The summed E-state index contributed by atoms with van der Waals surface area (Å²) >= 11 is 0. The summed E-state index contributed by atoms with van der Waals surface area (Å²) in [6.45, 7) is 0.660. The van der Waals surface area contributed by atoms with Crippen LogP contribution in [0.1, 0.15) is 36.0 Å². The van der Waals surface area contributed by atoms with Crippen LogP contribution in [-0.4, -0.2) is 23.4 Å². The van der Waals surface area contributed by atoms with Crippen molar-refractivity contribution in [1.82, 2.24) is 4.90 Å². The minimum absolute atomic E-state index is 0.000832. The van der Waals surface area contributed by atoms with Crippen LogP contribution in [0.15, 0.2) is 18.2 Å². The first-order valence-corrected chi connectivity index (χ1v) is 8.57. The van der Waals surface area contributed by atoms with Crippen LogP contribution in [0, 0.1) is 17.8 Å². The number of fused-ring (bicyclic) bond motifs is 2. The molecule has 2 aliphatic carbocycles. The summed E-state index contributed by atoms with van der Waals surface area (Å²) in [7, 11) is 0. The maximum atomic E-state index is 13.1. The molecule has 1 heterocycles. The SMILES string of the molecule is N[C@@H]1C[C@@H]2CC(C(=O)N3CCc4c(cccc4C(F)(F)F)C3)C[C@@H]21. The van der Waals surface area contributed by atoms with Gasteiger partial charge >= 0.3 is 6.18 Å². The van der Waals surface area contributed by atoms with Gasteiger partial charge in [-0.1, -0.05) is 12.1 Å². The monoisotopic (exact) mass is 338 g/mol. The van der Waals surface area contributed by atoms with Crippen molar-refractivity contribution in [3.63, 3.8) is 0 Å². The summed E-state index contributed by atoms with van der Waals surface area (Å²) in [5, 5.41) is 0. The number of benzene rings is 1. The standard InChI is InChI=1S/C18H21F3N2O/c19-18(20,21)15-3-1-2-10-9-23(5-4-13(10)15)17(24)12-6-11-8-16(22)14(11)7-12/h1-3,11-12,14,16H,4-9,22H2/t11-,12?,14-,16+/m0/s1. The van der Waals surface area contributed by atoms with Crippen molar-refractivity contribution in [2.45, 2.75) is 44.4 Å². The molecule has 0 radical (unpaired) electrons. The van der Waals surface area contributed by atoms with E-state index in [1.165, 1.54) is 6.07 Å². The molecular formula is C18H21F3N2O. The normalized spacial score (nSPS) is 32.1. The third kappa shape index (κ3) is 2.51. The molecule has 2 fully saturated rings. The molecule has 0 aromatic heterocycles. The highest BCUT2D eigenvalue weighted by molar-refractivity contribution is 5.79. The summed E-state index contributed by atoms with van der Waals surface area (Å²) in [5.74, 6) is 1.14. The molecule has 24 heavy (non-hydrogen) atoms. The Bertz CT molecular complexity index is 673. The topological polar surface area (TPSA) is 46.3 Å². The van der Waals surface area contributed by atoms with Gasteiger partial charge in [-0.3, -0.25) is 4.79 Å². The third-order valence-electron chi connectivity index (χ3n) is 6.11. The molecule has 1 amide bonds. The van der Waals surface area contributed by atoms with Crippen molar-refractivity contribution in [1.29, 1.82) is 0 Å². The minimum Gasteiger partial charge on any atom is -0.338 e. The van der Waals surface area contributed by atoms with Gasteiger partial charge in [0, 0.05) is 25.0 Å². The van der Waals surface area contributed by atoms with E-state index in [4.69, 9.17) is 5.73 Å². The lowest BCUT2D eigenvalue weighted by molar-refractivity contribution is -0.139. The zero-order chi connectivity index (χ0) is 17.1. The van der Waals surface area contributed by atoms with Crippen molar-refractivity contribution in [3.05, 3.63) is 34.9 Å². The number of nitrogens with zero attached hydrogens (tertiary/aromatic N) is 1. The lowest BCUT2D eigenvalue weighted by atomic mass is 9.72. The Labute approximate surface area is 139 Å². The molecule has 4 rings (SSSR count). The van der Waals surface area contributed by atoms with E-state index >= 15 is 0 Å². The number of rotatable bonds is 1. The van der Waals surface area contributed by atoms with Gasteiger partial charge in [-0.2, -0.15) is 13.2 Å². The molecule has 1 aromatic rings. The lowest BCUT2D eigenvalue weighted by Gasteiger charge is -2.37. The van der Waals surface area contributed by atoms with Gasteiger partial charge in [-0.05, 0) is 54.7 Å². The van der Waals surface area contributed by atoms with Gasteiger partial charge in [0.1, 0.15) is 0 Å². The largest absolute Gasteiger partial charge is 0.416 e. The Hall–Kier alpha value is -1.56. The van der Waals surface area contributed by atoms with Crippen molar-refractivity contribution >= 4 is 5.91 Å². The number of halogens is 3. The fourth-order valence-corrected chi connectivity index (χ4v) is 4.80. The number of carbonyl (C=O) groups excluding carboxylic acids is 1. The van der Waals surface area contributed by atoms with Gasteiger partial charge in [0.25, 0.3) is 0 Å². The lowest BCUT2D eigenvalue weighted by Crippen LogP contribution is -2.44. The Morgan fingerprint density at radius 2 is 2.00 bits per heavy atom. The molecule has 2 N–H and O–H groups in total. The molecule has 3 aliphatic rings. The molecule has 4 atom stereocenters. The zero-order valence-corrected chi connectivity index (χ0v) is 13.4. The number of hydrogen-bond acceptors (Lipinski definition) is 2. The number of hydrogen-bond donors (Lipinski definition) is 1. The number of nitrogens with two attached hydrogens (primary N) is 1. The molecule has 6 heteroatoms. The van der Waals surface area contributed by atoms with Crippen LogP contribution in [0.2, 0.25) is 0 Å². The minimum atomic E-state index is -4.34. The van der Waals surface area contributed by atoms with E-state index in [1.54, 1.807) is 11.0 Å². The molecule has 0 bridgehead atoms. The Balaban J connectivity index is 1.50. The number of carbonyl (C=O) groups is 1. The summed E-state index contributed by atoms with van der Waals surface area (Å²) in [6, 6.07) is 4.50. The molecule has 3 nitrogen and oxygen atoms in total. The van der Waals surface area contributed by atoms with Gasteiger partial charge in [0.15, 0.2) is 0 Å². The van der Waals surface area contributed by atoms with Crippen LogP contribution in [0.25, 0.3) is 0 Å². The second kappa shape index (κ2) is 5.48. The molecule has 2 saturated carbocycles. The van der Waals surface area contributed by atoms with Gasteiger partial charge in [-0.25, -0.2) is 0 Å². The van der Waals surface area contributed by atoms with E-state index in [9.17, 15) is 18.0 Å². The predicted molar refractivity (Wildman–Crippen MR) is 82.9 cm³/mol. The van der Waals surface area contributed by atoms with Gasteiger partial charge in [0.05, 0.1) is 5.56 Å². The van der Waals surface area contributed by atoms with Crippen LogP contribution in [0.3, 0.4) is 0 Å². The van der Waals surface area contributed by atoms with Crippen molar-refractivity contribution in [2.75, 3.05) is 6.54 Å². The molecule has 1 aromatic carbocycles. The average Bonchev–Trinajstić information content (AvgIpc) is 2.89. The molecule has 0 saturated heterocycles. The van der Waals surface area contributed by atoms with E-state index in [2.05, 4.69) is 0 Å². The van der Waals surface area contributed by atoms with Crippen LogP contribution in [0.5, 0.6) is 0 Å². The molecule has 1 aliphatic heterocycles. The Morgan fingerprint density at radius 3 is 2.67 bits per heavy atom. The summed E-state index contributed by atoms with van der Waals surface area (Å²) in [4.78, 5) is 14.5. The highest BCUT2D eigenvalue weighted by Gasteiger charge is 2.48. The van der Waals surface area contributed by atoms with E-state index in [0.717, 1.165) is 25.3 Å². The molecule has 1 unspecified atom stereocenters. The Morgan fingerprint density at radius 1 is 1.21 bits per heavy atom. The summed E-state index contributed by atoms with van der Waals surface area (Å²) in [6.07, 6.45) is -1.32. The second-order valence-corrected chi connectivity index (χ2v) is 7.44. The number of amides is 1. The predicted octanol–water partition coefficient (Wildman–Crippen LogP) is 2.96. The van der Waals surface area contributed by atoms with E-state index in [0.29, 0.717) is 29.5 Å². The van der Waals surface area contributed by atoms with Crippen molar-refractivity contribution in [2.24, 2.45) is 23.5 Å². The van der Waals surface area contributed by atoms with Crippen LogP contribution < -0.4 is 5.73 Å². The molecule has 130 valence electrons. The summed E-state index contributed by atoms with van der Waals surface area (Å²) < 4.78 is 39.3. The fourth-order valence-electron chi connectivity index (χ4n) is 4.80. The number of alkyl halides is 3.